The predicted molar refractivity (Wildman–Crippen MR) is 73.2 cm³/mol. The molecule has 3 aliphatic heterocycles. The number of hydrogen-bond donors (Lipinski definition) is 1. The van der Waals surface area contributed by atoms with Gasteiger partial charge in [0.2, 0.25) is 0 Å². The molecule has 5 heteroatoms. The van der Waals surface area contributed by atoms with Crippen molar-refractivity contribution in [3.63, 3.8) is 0 Å². The summed E-state index contributed by atoms with van der Waals surface area (Å²) in [6.45, 7) is 8.10. The van der Waals surface area contributed by atoms with Crippen molar-refractivity contribution < 1.29 is 9.90 Å². The number of piperidine rings is 1. The Morgan fingerprint density at radius 2 is 1.89 bits per heavy atom. The highest BCUT2D eigenvalue weighted by molar-refractivity contribution is 5.69. The van der Waals surface area contributed by atoms with E-state index in [1.165, 1.54) is 32.5 Å². The van der Waals surface area contributed by atoms with Crippen LogP contribution in [-0.4, -0.2) is 84.2 Å². The van der Waals surface area contributed by atoms with Crippen LogP contribution in [0.25, 0.3) is 0 Å². The van der Waals surface area contributed by atoms with Crippen LogP contribution in [0.5, 0.6) is 0 Å². The van der Waals surface area contributed by atoms with Gasteiger partial charge in [-0.25, -0.2) is 0 Å². The van der Waals surface area contributed by atoms with E-state index in [2.05, 4.69) is 14.7 Å². The van der Waals surface area contributed by atoms with Gasteiger partial charge in [-0.3, -0.25) is 14.6 Å². The molecule has 0 radical (unpaired) electrons. The molecule has 0 amide bonds. The third-order valence-corrected chi connectivity index (χ3v) is 5.05. The van der Waals surface area contributed by atoms with E-state index >= 15 is 0 Å². The monoisotopic (exact) mass is 267 g/mol. The molecule has 0 saturated carbocycles. The van der Waals surface area contributed by atoms with Gasteiger partial charge in [-0.15, -0.1) is 0 Å². The van der Waals surface area contributed by atoms with Gasteiger partial charge in [0.25, 0.3) is 0 Å². The molecule has 108 valence electrons. The maximum atomic E-state index is 10.8. The zero-order valence-electron chi connectivity index (χ0n) is 11.6. The smallest absolute Gasteiger partial charge is 0.317 e. The molecule has 3 atom stereocenters. The molecule has 3 unspecified atom stereocenters. The summed E-state index contributed by atoms with van der Waals surface area (Å²) < 4.78 is 0. The number of fused-ring (bicyclic) bond motifs is 2. The number of carboxylic acid groups (broad SMARTS) is 1. The van der Waals surface area contributed by atoms with E-state index < -0.39 is 5.97 Å². The summed E-state index contributed by atoms with van der Waals surface area (Å²) in [6.07, 6.45) is 3.78. The van der Waals surface area contributed by atoms with E-state index in [0.29, 0.717) is 0 Å². The topological polar surface area (TPSA) is 47.0 Å². The zero-order valence-corrected chi connectivity index (χ0v) is 11.6. The van der Waals surface area contributed by atoms with E-state index in [1.807, 2.05) is 0 Å². The summed E-state index contributed by atoms with van der Waals surface area (Å²) in [6, 6.07) is 0.753. The lowest BCUT2D eigenvalue weighted by Crippen LogP contribution is -2.47. The van der Waals surface area contributed by atoms with Crippen molar-refractivity contribution in [3.8, 4) is 0 Å². The minimum atomic E-state index is -0.697. The first-order chi connectivity index (χ1) is 9.22. The Kier molecular flexibility index (Phi) is 4.05. The number of rotatable bonds is 3. The number of carboxylic acids is 1. The minimum absolute atomic E-state index is 0.204. The highest BCUT2D eigenvalue weighted by Gasteiger charge is 2.37. The largest absolute Gasteiger partial charge is 0.480 e. The number of aliphatic carboxylic acids is 1. The van der Waals surface area contributed by atoms with Crippen LogP contribution in [0.3, 0.4) is 0 Å². The van der Waals surface area contributed by atoms with Crippen molar-refractivity contribution in [2.45, 2.75) is 25.3 Å². The fourth-order valence-electron chi connectivity index (χ4n) is 4.08. The lowest BCUT2D eigenvalue weighted by Gasteiger charge is -2.38. The van der Waals surface area contributed by atoms with Crippen molar-refractivity contribution in [1.29, 1.82) is 0 Å². The average Bonchev–Trinajstić information content (AvgIpc) is 2.59. The van der Waals surface area contributed by atoms with Gasteiger partial charge in [0.1, 0.15) is 0 Å². The molecule has 3 heterocycles. The van der Waals surface area contributed by atoms with Gasteiger partial charge in [0.05, 0.1) is 6.54 Å². The van der Waals surface area contributed by atoms with E-state index in [9.17, 15) is 4.79 Å². The number of nitrogens with zero attached hydrogens (tertiary/aromatic N) is 3. The van der Waals surface area contributed by atoms with Gasteiger partial charge < -0.3 is 10.0 Å². The second-order valence-corrected chi connectivity index (χ2v) is 6.26. The van der Waals surface area contributed by atoms with Crippen LogP contribution in [0, 0.1) is 5.92 Å². The average molecular weight is 267 g/mol. The fraction of sp³-hybridized carbons (Fsp3) is 0.929. The van der Waals surface area contributed by atoms with Crippen LogP contribution in [0.2, 0.25) is 0 Å². The van der Waals surface area contributed by atoms with Crippen molar-refractivity contribution in [3.05, 3.63) is 0 Å². The lowest BCUT2D eigenvalue weighted by molar-refractivity contribution is -0.138. The number of carbonyl (C=O) groups is 1. The zero-order chi connectivity index (χ0) is 13.2. The molecule has 2 bridgehead atoms. The van der Waals surface area contributed by atoms with Crippen molar-refractivity contribution >= 4 is 5.97 Å². The first kappa shape index (κ1) is 13.3. The van der Waals surface area contributed by atoms with Crippen LogP contribution < -0.4 is 0 Å². The van der Waals surface area contributed by atoms with E-state index in [0.717, 1.165) is 44.6 Å². The Bertz CT molecular complexity index is 337. The molecule has 3 aliphatic rings. The Morgan fingerprint density at radius 3 is 2.74 bits per heavy atom. The number of hydrogen-bond acceptors (Lipinski definition) is 4. The molecule has 19 heavy (non-hydrogen) atoms. The highest BCUT2D eigenvalue weighted by atomic mass is 16.4. The molecule has 0 aromatic carbocycles. The summed E-state index contributed by atoms with van der Waals surface area (Å²) in [7, 11) is 0. The first-order valence-corrected chi connectivity index (χ1v) is 7.63. The molecule has 0 spiro atoms. The fourth-order valence-corrected chi connectivity index (χ4v) is 4.08. The van der Waals surface area contributed by atoms with Crippen LogP contribution in [0.1, 0.15) is 19.3 Å². The van der Waals surface area contributed by atoms with Gasteiger partial charge in [-0.1, -0.05) is 0 Å². The van der Waals surface area contributed by atoms with Gasteiger partial charge in [-0.05, 0) is 44.8 Å². The molecule has 3 fully saturated rings. The normalized spacial score (nSPS) is 37.2. The molecular weight excluding hydrogens is 242 g/mol. The maximum Gasteiger partial charge on any atom is 0.317 e. The third kappa shape index (κ3) is 3.09. The molecule has 0 aromatic heterocycles. The van der Waals surface area contributed by atoms with Crippen LogP contribution in [-0.2, 0) is 4.79 Å². The first-order valence-electron chi connectivity index (χ1n) is 7.63. The third-order valence-electron chi connectivity index (χ3n) is 5.05. The summed E-state index contributed by atoms with van der Waals surface area (Å²) in [4.78, 5) is 18.1. The second kappa shape index (κ2) is 5.77. The predicted octanol–water partition coefficient (Wildman–Crippen LogP) is 0.173. The summed E-state index contributed by atoms with van der Waals surface area (Å²) in [5.74, 6) is 0.164. The maximum absolute atomic E-state index is 10.8. The summed E-state index contributed by atoms with van der Waals surface area (Å²) in [5, 5.41) is 8.90. The SMILES string of the molecule is O=C(O)CN1CCCN(C2CCN3CCC2C3)CC1. The van der Waals surface area contributed by atoms with E-state index in [1.54, 1.807) is 0 Å². The van der Waals surface area contributed by atoms with Crippen molar-refractivity contribution in [1.82, 2.24) is 14.7 Å². The Balaban J connectivity index is 1.55. The molecule has 0 aromatic rings. The Morgan fingerprint density at radius 1 is 1.05 bits per heavy atom. The quantitative estimate of drug-likeness (QED) is 0.790. The van der Waals surface area contributed by atoms with Crippen molar-refractivity contribution in [2.24, 2.45) is 5.92 Å². The van der Waals surface area contributed by atoms with Crippen LogP contribution in [0.15, 0.2) is 0 Å². The Hall–Kier alpha value is -0.650. The van der Waals surface area contributed by atoms with Gasteiger partial charge in [-0.2, -0.15) is 0 Å². The molecule has 3 rings (SSSR count). The van der Waals surface area contributed by atoms with Crippen LogP contribution in [0.4, 0.5) is 0 Å². The van der Waals surface area contributed by atoms with Crippen LogP contribution >= 0.6 is 0 Å². The lowest BCUT2D eigenvalue weighted by atomic mass is 9.92. The minimum Gasteiger partial charge on any atom is -0.480 e. The molecule has 0 aliphatic carbocycles. The highest BCUT2D eigenvalue weighted by Crippen LogP contribution is 2.31. The van der Waals surface area contributed by atoms with Crippen molar-refractivity contribution in [2.75, 3.05) is 52.4 Å². The summed E-state index contributed by atoms with van der Waals surface area (Å²) in [5.41, 5.74) is 0. The van der Waals surface area contributed by atoms with Gasteiger partial charge >= 0.3 is 5.97 Å². The molecular formula is C14H25N3O2. The standard InChI is InChI=1S/C14H25N3O2/c18-14(19)11-15-4-1-5-17(9-8-15)13-3-7-16-6-2-12(13)10-16/h12-13H,1-11H2,(H,18,19). The van der Waals surface area contributed by atoms with E-state index in [4.69, 9.17) is 5.11 Å². The molecule has 5 nitrogen and oxygen atoms in total. The Labute approximate surface area is 115 Å². The second-order valence-electron chi connectivity index (χ2n) is 6.26. The van der Waals surface area contributed by atoms with Gasteiger partial charge in [0.15, 0.2) is 0 Å². The summed E-state index contributed by atoms with van der Waals surface area (Å²) >= 11 is 0. The molecule has 3 saturated heterocycles. The van der Waals surface area contributed by atoms with Gasteiger partial charge in [0, 0.05) is 32.2 Å². The van der Waals surface area contributed by atoms with E-state index in [-0.39, 0.29) is 6.54 Å². The molecule has 1 N–H and O–H groups in total.